The van der Waals surface area contributed by atoms with Crippen LogP contribution in [0.4, 0.5) is 0 Å². The Morgan fingerprint density at radius 3 is 2.37 bits per heavy atom. The molecule has 2 aromatic carbocycles. The van der Waals surface area contributed by atoms with Crippen molar-refractivity contribution < 1.29 is 9.90 Å². The summed E-state index contributed by atoms with van der Waals surface area (Å²) in [4.78, 5) is 11.2. The highest BCUT2D eigenvalue weighted by Gasteiger charge is 2.14. The zero-order valence-corrected chi connectivity index (χ0v) is 12.0. The molecule has 19 heavy (non-hydrogen) atoms. The number of aromatic carboxylic acids is 1. The molecule has 0 spiro atoms. The number of carboxylic acid groups (broad SMARTS) is 1. The molecule has 98 valence electrons. The van der Waals surface area contributed by atoms with Gasteiger partial charge in [0.05, 0.1) is 15.6 Å². The highest BCUT2D eigenvalue weighted by molar-refractivity contribution is 6.43. The van der Waals surface area contributed by atoms with Crippen molar-refractivity contribution in [1.82, 2.24) is 0 Å². The van der Waals surface area contributed by atoms with Crippen molar-refractivity contribution in [1.29, 1.82) is 0 Å². The number of rotatable bonds is 2. The minimum Gasteiger partial charge on any atom is -0.478 e. The van der Waals surface area contributed by atoms with Crippen LogP contribution in [0.25, 0.3) is 11.1 Å². The van der Waals surface area contributed by atoms with Gasteiger partial charge in [0.2, 0.25) is 0 Å². The second-order valence-electron chi connectivity index (χ2n) is 4.39. The lowest BCUT2D eigenvalue weighted by Gasteiger charge is -2.12. The van der Waals surface area contributed by atoms with E-state index in [9.17, 15) is 9.90 Å². The van der Waals surface area contributed by atoms with Gasteiger partial charge in [-0.25, -0.2) is 4.79 Å². The van der Waals surface area contributed by atoms with Gasteiger partial charge in [-0.05, 0) is 42.7 Å². The molecule has 4 heteroatoms. The van der Waals surface area contributed by atoms with E-state index in [1.54, 1.807) is 25.1 Å². The van der Waals surface area contributed by atoms with Crippen molar-refractivity contribution in [2.24, 2.45) is 0 Å². The molecule has 0 aliphatic rings. The molecular formula is C15H12Cl2O2. The highest BCUT2D eigenvalue weighted by Crippen LogP contribution is 2.36. The molecule has 0 fully saturated rings. The molecule has 0 aromatic heterocycles. The Morgan fingerprint density at radius 1 is 1.05 bits per heavy atom. The topological polar surface area (TPSA) is 37.3 Å². The van der Waals surface area contributed by atoms with Gasteiger partial charge in [-0.15, -0.1) is 0 Å². The number of hydrogen-bond donors (Lipinski definition) is 1. The molecular weight excluding hydrogens is 283 g/mol. The summed E-state index contributed by atoms with van der Waals surface area (Å²) in [7, 11) is 0. The number of halogens is 2. The van der Waals surface area contributed by atoms with E-state index in [0.29, 0.717) is 10.0 Å². The maximum Gasteiger partial charge on any atom is 0.335 e. The highest BCUT2D eigenvalue weighted by atomic mass is 35.5. The molecule has 0 amide bonds. The number of hydrogen-bond acceptors (Lipinski definition) is 1. The third-order valence-corrected chi connectivity index (χ3v) is 3.86. The quantitative estimate of drug-likeness (QED) is 0.848. The van der Waals surface area contributed by atoms with Crippen molar-refractivity contribution in [3.63, 3.8) is 0 Å². The van der Waals surface area contributed by atoms with Gasteiger partial charge >= 0.3 is 5.97 Å². The second kappa shape index (κ2) is 5.24. The Bertz CT molecular complexity index is 663. The van der Waals surface area contributed by atoms with E-state index in [1.807, 2.05) is 19.1 Å². The Labute approximate surface area is 121 Å². The predicted molar refractivity (Wildman–Crippen MR) is 78.3 cm³/mol. The first-order valence-corrected chi connectivity index (χ1v) is 6.46. The SMILES string of the molecule is Cc1cc(C)c(-c2cccc(Cl)c2Cl)cc1C(=O)O. The van der Waals surface area contributed by atoms with Crippen molar-refractivity contribution in [3.8, 4) is 11.1 Å². The molecule has 0 saturated heterocycles. The lowest BCUT2D eigenvalue weighted by Crippen LogP contribution is -2.01. The standard InChI is InChI=1S/C15H12Cl2O2/c1-8-6-9(2)12(15(18)19)7-11(8)10-4-3-5-13(16)14(10)17/h3-7H,1-2H3,(H,18,19). The summed E-state index contributed by atoms with van der Waals surface area (Å²) in [6.45, 7) is 3.70. The Morgan fingerprint density at radius 2 is 1.74 bits per heavy atom. The van der Waals surface area contributed by atoms with Crippen LogP contribution >= 0.6 is 23.2 Å². The van der Waals surface area contributed by atoms with Crippen LogP contribution in [0.2, 0.25) is 10.0 Å². The van der Waals surface area contributed by atoms with Crippen molar-refractivity contribution in [2.45, 2.75) is 13.8 Å². The second-order valence-corrected chi connectivity index (χ2v) is 5.17. The average Bonchev–Trinajstić information content (AvgIpc) is 2.33. The van der Waals surface area contributed by atoms with Crippen molar-refractivity contribution in [2.75, 3.05) is 0 Å². The van der Waals surface area contributed by atoms with Crippen LogP contribution in [0, 0.1) is 13.8 Å². The normalized spacial score (nSPS) is 10.5. The minimum absolute atomic E-state index is 0.275. The number of benzene rings is 2. The molecule has 0 unspecified atom stereocenters. The first-order valence-electron chi connectivity index (χ1n) is 5.70. The van der Waals surface area contributed by atoms with Gasteiger partial charge in [0, 0.05) is 5.56 Å². The fraction of sp³-hybridized carbons (Fsp3) is 0.133. The Kier molecular flexibility index (Phi) is 3.83. The molecule has 0 radical (unpaired) electrons. The summed E-state index contributed by atoms with van der Waals surface area (Å²) in [5.41, 5.74) is 3.50. The Balaban J connectivity index is 2.72. The van der Waals surface area contributed by atoms with E-state index < -0.39 is 5.97 Å². The first kappa shape index (κ1) is 13.9. The fourth-order valence-corrected chi connectivity index (χ4v) is 2.49. The number of aryl methyl sites for hydroxylation is 2. The molecule has 2 nitrogen and oxygen atoms in total. The molecule has 0 bridgehead atoms. The summed E-state index contributed by atoms with van der Waals surface area (Å²) < 4.78 is 0. The van der Waals surface area contributed by atoms with Gasteiger partial charge in [-0.2, -0.15) is 0 Å². The largest absolute Gasteiger partial charge is 0.478 e. The minimum atomic E-state index is -0.947. The number of carboxylic acids is 1. The lowest BCUT2D eigenvalue weighted by molar-refractivity contribution is 0.0696. The fourth-order valence-electron chi connectivity index (χ4n) is 2.08. The lowest BCUT2D eigenvalue weighted by atomic mass is 9.95. The van der Waals surface area contributed by atoms with Gasteiger partial charge in [-0.3, -0.25) is 0 Å². The zero-order valence-electron chi connectivity index (χ0n) is 10.5. The van der Waals surface area contributed by atoms with Gasteiger partial charge in [0.1, 0.15) is 0 Å². The number of carbonyl (C=O) groups is 1. The third kappa shape index (κ3) is 2.60. The van der Waals surface area contributed by atoms with Crippen LogP contribution in [0.1, 0.15) is 21.5 Å². The van der Waals surface area contributed by atoms with Crippen LogP contribution in [0.15, 0.2) is 30.3 Å². The van der Waals surface area contributed by atoms with Crippen molar-refractivity contribution in [3.05, 3.63) is 57.1 Å². The van der Waals surface area contributed by atoms with E-state index >= 15 is 0 Å². The van der Waals surface area contributed by atoms with E-state index in [0.717, 1.165) is 22.3 Å². The monoisotopic (exact) mass is 294 g/mol. The van der Waals surface area contributed by atoms with Crippen molar-refractivity contribution >= 4 is 29.2 Å². The maximum absolute atomic E-state index is 11.2. The third-order valence-electron chi connectivity index (χ3n) is 3.04. The first-order chi connectivity index (χ1) is 8.91. The zero-order chi connectivity index (χ0) is 14.2. The molecule has 0 aliphatic heterocycles. The van der Waals surface area contributed by atoms with Crippen LogP contribution < -0.4 is 0 Å². The van der Waals surface area contributed by atoms with E-state index in [4.69, 9.17) is 23.2 Å². The van der Waals surface area contributed by atoms with Crippen LogP contribution in [-0.4, -0.2) is 11.1 Å². The summed E-state index contributed by atoms with van der Waals surface area (Å²) in [5.74, 6) is -0.947. The van der Waals surface area contributed by atoms with Gasteiger partial charge < -0.3 is 5.11 Å². The summed E-state index contributed by atoms with van der Waals surface area (Å²) in [6, 6.07) is 8.82. The molecule has 2 rings (SSSR count). The molecule has 0 saturated carbocycles. The van der Waals surface area contributed by atoms with E-state index in [2.05, 4.69) is 0 Å². The summed E-state index contributed by atoms with van der Waals surface area (Å²) in [5, 5.41) is 10.1. The van der Waals surface area contributed by atoms with Gasteiger partial charge in [0.25, 0.3) is 0 Å². The Hall–Kier alpha value is -1.51. The maximum atomic E-state index is 11.2. The van der Waals surface area contributed by atoms with Crippen LogP contribution in [-0.2, 0) is 0 Å². The molecule has 0 aliphatic carbocycles. The molecule has 1 N–H and O–H groups in total. The molecule has 2 aromatic rings. The smallest absolute Gasteiger partial charge is 0.335 e. The average molecular weight is 295 g/mol. The predicted octanol–water partition coefficient (Wildman–Crippen LogP) is 4.98. The van der Waals surface area contributed by atoms with Crippen LogP contribution in [0.3, 0.4) is 0 Å². The van der Waals surface area contributed by atoms with E-state index in [-0.39, 0.29) is 5.56 Å². The van der Waals surface area contributed by atoms with Crippen LogP contribution in [0.5, 0.6) is 0 Å². The molecule has 0 heterocycles. The summed E-state index contributed by atoms with van der Waals surface area (Å²) >= 11 is 12.2. The van der Waals surface area contributed by atoms with Gasteiger partial charge in [0.15, 0.2) is 0 Å². The summed E-state index contributed by atoms with van der Waals surface area (Å²) in [6.07, 6.45) is 0. The molecule has 0 atom stereocenters. The van der Waals surface area contributed by atoms with E-state index in [1.165, 1.54) is 0 Å². The van der Waals surface area contributed by atoms with Gasteiger partial charge in [-0.1, -0.05) is 41.4 Å².